The highest BCUT2D eigenvalue weighted by molar-refractivity contribution is 5.92. The van der Waals surface area contributed by atoms with Crippen molar-refractivity contribution in [1.29, 1.82) is 0 Å². The Kier molecular flexibility index (Phi) is 16.8. The van der Waals surface area contributed by atoms with Crippen molar-refractivity contribution in [1.82, 2.24) is 31.1 Å². The molecule has 3 aromatic carbocycles. The molecule has 4 atom stereocenters. The molecule has 6 N–H and O–H groups in total. The molecular formula is C38H49N7O8. The molecule has 1 fully saturated rings. The Morgan fingerprint density at radius 3 is 2.04 bits per heavy atom. The van der Waals surface area contributed by atoms with Crippen LogP contribution in [0.5, 0.6) is 0 Å². The number of hydrogen-bond acceptors (Lipinski definition) is 8. The number of nitrogens with one attached hydrogen (secondary N) is 5. The van der Waals surface area contributed by atoms with E-state index in [1.165, 1.54) is 16.2 Å². The number of aliphatic hydroxyl groups excluding tert-OH is 1. The number of aliphatic hydroxyl groups is 1. The summed E-state index contributed by atoms with van der Waals surface area (Å²) in [5, 5.41) is 23.2. The molecule has 3 aromatic rings. The average Bonchev–Trinajstić information content (AvgIpc) is 3.58. The van der Waals surface area contributed by atoms with Crippen LogP contribution in [0.2, 0.25) is 0 Å². The number of ether oxygens (including phenoxy) is 1. The third-order valence-electron chi connectivity index (χ3n) is 7.79. The summed E-state index contributed by atoms with van der Waals surface area (Å²) in [4.78, 5) is 79.5. The number of rotatable bonds is 13. The van der Waals surface area contributed by atoms with E-state index in [1.807, 2.05) is 18.2 Å². The zero-order chi connectivity index (χ0) is 38.8. The van der Waals surface area contributed by atoms with Gasteiger partial charge in [0.2, 0.25) is 17.7 Å². The Labute approximate surface area is 309 Å². The maximum atomic E-state index is 13.3. The number of carbonyl (C=O) groups is 6. The number of likely N-dealkylation sites (N-methyl/N-ethyl adjacent to an activating group) is 1. The van der Waals surface area contributed by atoms with Crippen LogP contribution in [0.1, 0.15) is 37.4 Å². The van der Waals surface area contributed by atoms with Gasteiger partial charge in [0.25, 0.3) is 5.91 Å². The lowest BCUT2D eigenvalue weighted by Crippen LogP contribution is -2.50. The van der Waals surface area contributed by atoms with E-state index in [4.69, 9.17) is 4.74 Å². The van der Waals surface area contributed by atoms with Gasteiger partial charge in [-0.05, 0) is 23.3 Å². The largest absolute Gasteiger partial charge is 0.445 e. The Hall–Kier alpha value is -5.96. The fourth-order valence-electron chi connectivity index (χ4n) is 5.14. The minimum atomic E-state index is -1.73. The van der Waals surface area contributed by atoms with Crippen LogP contribution in [0.25, 0.3) is 0 Å². The van der Waals surface area contributed by atoms with Gasteiger partial charge in [0.1, 0.15) is 18.8 Å². The molecule has 0 radical (unpaired) electrons. The second kappa shape index (κ2) is 21.4. The zero-order valence-electron chi connectivity index (χ0n) is 30.4. The third kappa shape index (κ3) is 13.6. The van der Waals surface area contributed by atoms with Gasteiger partial charge in [0.05, 0.1) is 25.0 Å². The van der Waals surface area contributed by atoms with E-state index >= 15 is 0 Å². The van der Waals surface area contributed by atoms with Crippen LogP contribution >= 0.6 is 0 Å². The van der Waals surface area contributed by atoms with Gasteiger partial charge in [0.15, 0.2) is 0 Å². The quantitative estimate of drug-likeness (QED) is 0.154. The predicted molar refractivity (Wildman–Crippen MR) is 198 cm³/mol. The van der Waals surface area contributed by atoms with Crippen molar-refractivity contribution >= 4 is 41.4 Å². The number of nitrogens with zero attached hydrogens (tertiary/aromatic N) is 2. The van der Waals surface area contributed by atoms with E-state index < -0.39 is 67.0 Å². The van der Waals surface area contributed by atoms with E-state index in [9.17, 15) is 33.9 Å². The predicted octanol–water partition coefficient (Wildman–Crippen LogP) is 2.40. The Balaban J connectivity index is 0.00000243. The first-order valence-electron chi connectivity index (χ1n) is 17.3. The van der Waals surface area contributed by atoms with Crippen LogP contribution in [0, 0.1) is 5.92 Å². The molecule has 1 aliphatic rings. The highest BCUT2D eigenvalue weighted by Crippen LogP contribution is 2.20. The fraction of sp³-hybridized carbons (Fsp3) is 0.368. The number of benzene rings is 3. The molecule has 7 amide bonds. The number of urea groups is 1. The molecular weight excluding hydrogens is 682 g/mol. The SMILES string of the molecule is CCC.CN(C)C(=O)C(NC(=O)CNC(=O)C(O)CNC(=O)C1CN(C(=O)OCc2ccccc2)CC1NC(=O)Nc1ccccc1)c1ccccc1. The molecule has 53 heavy (non-hydrogen) atoms. The minimum Gasteiger partial charge on any atom is -0.445 e. The maximum absolute atomic E-state index is 13.3. The summed E-state index contributed by atoms with van der Waals surface area (Å²) in [6.07, 6.45) is -1.17. The second-order valence-electron chi connectivity index (χ2n) is 12.5. The van der Waals surface area contributed by atoms with Crippen LogP contribution in [0.15, 0.2) is 91.0 Å². The van der Waals surface area contributed by atoms with Gasteiger partial charge in [-0.1, -0.05) is 99.1 Å². The number of likely N-dealkylation sites (tertiary alicyclic amines) is 1. The Morgan fingerprint density at radius 2 is 1.43 bits per heavy atom. The monoisotopic (exact) mass is 731 g/mol. The van der Waals surface area contributed by atoms with Gasteiger partial charge in [-0.3, -0.25) is 19.2 Å². The summed E-state index contributed by atoms with van der Waals surface area (Å²) in [5.74, 6) is -3.58. The smallest absolute Gasteiger partial charge is 0.410 e. The van der Waals surface area contributed by atoms with Crippen molar-refractivity contribution in [2.45, 2.75) is 45.1 Å². The lowest BCUT2D eigenvalue weighted by molar-refractivity contribution is -0.135. The van der Waals surface area contributed by atoms with Gasteiger partial charge in [0, 0.05) is 32.9 Å². The number of hydrogen-bond donors (Lipinski definition) is 6. The van der Waals surface area contributed by atoms with Gasteiger partial charge in [-0.2, -0.15) is 0 Å². The Morgan fingerprint density at radius 1 is 0.849 bits per heavy atom. The van der Waals surface area contributed by atoms with E-state index in [0.717, 1.165) is 5.56 Å². The highest BCUT2D eigenvalue weighted by Gasteiger charge is 2.41. The molecule has 0 aliphatic carbocycles. The number of para-hydroxylation sites is 1. The van der Waals surface area contributed by atoms with E-state index in [-0.39, 0.29) is 25.6 Å². The van der Waals surface area contributed by atoms with Crippen LogP contribution < -0.4 is 26.6 Å². The van der Waals surface area contributed by atoms with Crippen LogP contribution in [0.3, 0.4) is 0 Å². The number of anilines is 1. The second-order valence-corrected chi connectivity index (χ2v) is 12.5. The molecule has 0 saturated carbocycles. The summed E-state index contributed by atoms with van der Waals surface area (Å²) in [7, 11) is 3.10. The van der Waals surface area contributed by atoms with E-state index in [2.05, 4.69) is 40.4 Å². The van der Waals surface area contributed by atoms with Crippen LogP contribution in [-0.4, -0.2) is 103 Å². The van der Waals surface area contributed by atoms with Crippen molar-refractivity contribution in [2.24, 2.45) is 5.92 Å². The molecule has 4 unspecified atom stereocenters. The third-order valence-corrected chi connectivity index (χ3v) is 7.79. The molecule has 0 bridgehead atoms. The zero-order valence-corrected chi connectivity index (χ0v) is 30.4. The molecule has 15 nitrogen and oxygen atoms in total. The van der Waals surface area contributed by atoms with Crippen molar-refractivity contribution in [2.75, 3.05) is 45.6 Å². The molecule has 4 rings (SSSR count). The van der Waals surface area contributed by atoms with Gasteiger partial charge in [-0.15, -0.1) is 0 Å². The summed E-state index contributed by atoms with van der Waals surface area (Å²) in [5.41, 5.74) is 1.84. The molecule has 1 saturated heterocycles. The molecule has 15 heteroatoms. The van der Waals surface area contributed by atoms with E-state index in [0.29, 0.717) is 11.3 Å². The lowest BCUT2D eigenvalue weighted by atomic mass is 10.0. The van der Waals surface area contributed by atoms with Crippen molar-refractivity contribution in [3.8, 4) is 0 Å². The Bertz CT molecular complexity index is 1640. The standard InChI is InChI=1S/C35H41N7O8.C3H8/c1-41(2)33(47)30(24-14-8-4-9-15-24)40-29(44)19-37-32(46)28(43)18-36-31(45)26-20-42(35(49)50-22-23-12-6-3-7-13-23)21-27(26)39-34(48)38-25-16-10-5-11-17-25;1-3-2/h3-17,26-28,30,43H,18-22H2,1-2H3,(H,36,45)(H,37,46)(H,40,44)(H2,38,39,48);3H2,1-2H3. The first kappa shape index (κ1) is 41.5. The van der Waals surface area contributed by atoms with E-state index in [1.54, 1.807) is 86.9 Å². The van der Waals surface area contributed by atoms with Gasteiger partial charge >= 0.3 is 12.1 Å². The fourth-order valence-corrected chi connectivity index (χ4v) is 5.14. The summed E-state index contributed by atoms with van der Waals surface area (Å²) >= 11 is 0. The minimum absolute atomic E-state index is 0.0117. The van der Waals surface area contributed by atoms with Gasteiger partial charge in [-0.25, -0.2) is 9.59 Å². The molecule has 0 aromatic heterocycles. The molecule has 1 heterocycles. The normalized spacial score (nSPS) is 15.7. The lowest BCUT2D eigenvalue weighted by Gasteiger charge is -2.22. The van der Waals surface area contributed by atoms with Crippen LogP contribution in [0.4, 0.5) is 15.3 Å². The topological polar surface area (TPSA) is 199 Å². The highest BCUT2D eigenvalue weighted by atomic mass is 16.6. The molecule has 1 aliphatic heterocycles. The maximum Gasteiger partial charge on any atom is 0.410 e. The van der Waals surface area contributed by atoms with Crippen LogP contribution in [-0.2, 0) is 30.5 Å². The average molecular weight is 732 g/mol. The summed E-state index contributed by atoms with van der Waals surface area (Å²) in [6, 6.07) is 23.9. The molecule has 0 spiro atoms. The van der Waals surface area contributed by atoms with Gasteiger partial charge < -0.3 is 46.2 Å². The van der Waals surface area contributed by atoms with Crippen molar-refractivity contribution < 1.29 is 38.6 Å². The van der Waals surface area contributed by atoms with Crippen molar-refractivity contribution in [3.63, 3.8) is 0 Å². The summed E-state index contributed by atoms with van der Waals surface area (Å²) in [6.45, 7) is 3.06. The first-order valence-corrected chi connectivity index (χ1v) is 17.3. The molecule has 284 valence electrons. The number of carbonyl (C=O) groups excluding carboxylic acids is 6. The number of amides is 7. The first-order chi connectivity index (χ1) is 25.4. The summed E-state index contributed by atoms with van der Waals surface area (Å²) < 4.78 is 5.42. The van der Waals surface area contributed by atoms with Crippen molar-refractivity contribution in [3.05, 3.63) is 102 Å².